The van der Waals surface area contributed by atoms with Crippen molar-refractivity contribution in [1.29, 1.82) is 0 Å². The van der Waals surface area contributed by atoms with E-state index in [0.29, 0.717) is 5.56 Å². The van der Waals surface area contributed by atoms with Crippen LogP contribution < -0.4 is 5.32 Å². The standard InChI is InChI=1S/C17H17FINO/c1-11(2)16(12-3-7-14(18)8-4-12)20-17(21)13-5-9-15(19)10-6-13/h3-11,16H,1-2H3,(H,20,21). The third kappa shape index (κ3) is 4.27. The van der Waals surface area contributed by atoms with Gasteiger partial charge in [-0.15, -0.1) is 0 Å². The van der Waals surface area contributed by atoms with E-state index >= 15 is 0 Å². The maximum atomic E-state index is 13.0. The van der Waals surface area contributed by atoms with Crippen molar-refractivity contribution in [3.8, 4) is 0 Å². The molecule has 1 unspecified atom stereocenters. The second kappa shape index (κ2) is 7.02. The molecule has 0 bridgehead atoms. The summed E-state index contributed by atoms with van der Waals surface area (Å²) in [7, 11) is 0. The molecule has 2 nitrogen and oxygen atoms in total. The first kappa shape index (κ1) is 15.9. The topological polar surface area (TPSA) is 29.1 Å². The van der Waals surface area contributed by atoms with Gasteiger partial charge in [0.1, 0.15) is 5.82 Å². The Bertz CT molecular complexity index is 608. The average Bonchev–Trinajstić information content (AvgIpc) is 2.46. The molecule has 0 aliphatic heterocycles. The highest BCUT2D eigenvalue weighted by molar-refractivity contribution is 14.1. The van der Waals surface area contributed by atoms with Crippen LogP contribution >= 0.6 is 22.6 Å². The Hall–Kier alpha value is -1.43. The number of hydrogen-bond donors (Lipinski definition) is 1. The summed E-state index contributed by atoms with van der Waals surface area (Å²) in [6.45, 7) is 4.06. The monoisotopic (exact) mass is 397 g/mol. The highest BCUT2D eigenvalue weighted by Crippen LogP contribution is 2.22. The molecule has 0 aliphatic carbocycles. The van der Waals surface area contributed by atoms with Crippen molar-refractivity contribution in [2.75, 3.05) is 0 Å². The van der Waals surface area contributed by atoms with Gasteiger partial charge in [-0.3, -0.25) is 4.79 Å². The largest absolute Gasteiger partial charge is 0.345 e. The van der Waals surface area contributed by atoms with Gasteiger partial charge in [-0.1, -0.05) is 26.0 Å². The molecule has 21 heavy (non-hydrogen) atoms. The summed E-state index contributed by atoms with van der Waals surface area (Å²) >= 11 is 2.20. The molecule has 4 heteroatoms. The van der Waals surface area contributed by atoms with Crippen molar-refractivity contribution in [2.45, 2.75) is 19.9 Å². The Kier molecular flexibility index (Phi) is 5.33. The predicted octanol–water partition coefficient (Wildman–Crippen LogP) is 4.56. The molecule has 2 rings (SSSR count). The molecule has 1 amide bonds. The van der Waals surface area contributed by atoms with E-state index in [2.05, 4.69) is 27.9 Å². The van der Waals surface area contributed by atoms with E-state index < -0.39 is 0 Å². The number of nitrogens with one attached hydrogen (secondary N) is 1. The SMILES string of the molecule is CC(C)C(NC(=O)c1ccc(I)cc1)c1ccc(F)cc1. The van der Waals surface area contributed by atoms with Crippen LogP contribution in [0.1, 0.15) is 35.8 Å². The molecule has 0 fully saturated rings. The molecule has 0 aromatic heterocycles. The summed E-state index contributed by atoms with van der Waals surface area (Å²) in [5, 5.41) is 3.02. The van der Waals surface area contributed by atoms with Crippen LogP contribution in [0, 0.1) is 15.3 Å². The zero-order chi connectivity index (χ0) is 15.4. The number of rotatable bonds is 4. The van der Waals surface area contributed by atoms with Crippen LogP contribution in [0.15, 0.2) is 48.5 Å². The summed E-state index contributed by atoms with van der Waals surface area (Å²) in [4.78, 5) is 12.3. The molecule has 110 valence electrons. The van der Waals surface area contributed by atoms with Gasteiger partial charge >= 0.3 is 0 Å². The summed E-state index contributed by atoms with van der Waals surface area (Å²) in [5.74, 6) is -0.178. The van der Waals surface area contributed by atoms with Crippen molar-refractivity contribution in [3.05, 3.63) is 69.0 Å². The van der Waals surface area contributed by atoms with Crippen LogP contribution in [0.5, 0.6) is 0 Å². The normalized spacial score (nSPS) is 12.2. The summed E-state index contributed by atoms with van der Waals surface area (Å²) < 4.78 is 14.1. The van der Waals surface area contributed by atoms with Crippen LogP contribution in [0.25, 0.3) is 0 Å². The maximum Gasteiger partial charge on any atom is 0.251 e. The minimum atomic E-state index is -0.273. The molecule has 1 atom stereocenters. The smallest absolute Gasteiger partial charge is 0.251 e. The number of halogens is 2. The lowest BCUT2D eigenvalue weighted by molar-refractivity contribution is 0.0925. The minimum absolute atomic E-state index is 0.116. The van der Waals surface area contributed by atoms with E-state index in [1.165, 1.54) is 12.1 Å². The first-order valence-corrected chi connectivity index (χ1v) is 7.87. The summed E-state index contributed by atoms with van der Waals surface area (Å²) in [6, 6.07) is 13.5. The van der Waals surface area contributed by atoms with Gasteiger partial charge in [0.15, 0.2) is 0 Å². The lowest BCUT2D eigenvalue weighted by Crippen LogP contribution is -2.31. The Balaban J connectivity index is 2.18. The van der Waals surface area contributed by atoms with E-state index in [1.807, 2.05) is 26.0 Å². The first-order chi connectivity index (χ1) is 9.97. The van der Waals surface area contributed by atoms with Gasteiger partial charge in [-0.2, -0.15) is 0 Å². The lowest BCUT2D eigenvalue weighted by Gasteiger charge is -2.23. The molecule has 2 aromatic rings. The molecule has 0 spiro atoms. The molecular formula is C17H17FINO. The van der Waals surface area contributed by atoms with Gasteiger partial charge in [0, 0.05) is 9.13 Å². The second-order valence-electron chi connectivity index (χ2n) is 5.25. The van der Waals surface area contributed by atoms with E-state index in [1.54, 1.807) is 24.3 Å². The molecule has 0 saturated carbocycles. The van der Waals surface area contributed by atoms with Crippen LogP contribution in [0.4, 0.5) is 4.39 Å². The molecule has 1 N–H and O–H groups in total. The first-order valence-electron chi connectivity index (χ1n) is 6.79. The fourth-order valence-electron chi connectivity index (χ4n) is 2.13. The quantitative estimate of drug-likeness (QED) is 0.754. The van der Waals surface area contributed by atoms with Crippen molar-refractivity contribution < 1.29 is 9.18 Å². The van der Waals surface area contributed by atoms with Gasteiger partial charge in [-0.05, 0) is 70.5 Å². The Morgan fingerprint density at radius 3 is 2.14 bits per heavy atom. The lowest BCUT2D eigenvalue weighted by atomic mass is 9.95. The van der Waals surface area contributed by atoms with Gasteiger partial charge in [0.25, 0.3) is 5.91 Å². The molecule has 0 heterocycles. The van der Waals surface area contributed by atoms with Crippen LogP contribution in [-0.4, -0.2) is 5.91 Å². The van der Waals surface area contributed by atoms with E-state index in [4.69, 9.17) is 0 Å². The zero-order valence-electron chi connectivity index (χ0n) is 11.9. The highest BCUT2D eigenvalue weighted by Gasteiger charge is 2.19. The molecule has 0 saturated heterocycles. The van der Waals surface area contributed by atoms with Crippen molar-refractivity contribution >= 4 is 28.5 Å². The number of amides is 1. The Labute approximate surface area is 137 Å². The fourth-order valence-corrected chi connectivity index (χ4v) is 2.49. The molecular weight excluding hydrogens is 380 g/mol. The number of hydrogen-bond acceptors (Lipinski definition) is 1. The van der Waals surface area contributed by atoms with Crippen LogP contribution in [0.2, 0.25) is 0 Å². The molecule has 0 aliphatic rings. The Morgan fingerprint density at radius 2 is 1.62 bits per heavy atom. The number of carbonyl (C=O) groups is 1. The highest BCUT2D eigenvalue weighted by atomic mass is 127. The Morgan fingerprint density at radius 1 is 1.05 bits per heavy atom. The fraction of sp³-hybridized carbons (Fsp3) is 0.235. The van der Waals surface area contributed by atoms with Gasteiger partial charge in [-0.25, -0.2) is 4.39 Å². The number of benzene rings is 2. The van der Waals surface area contributed by atoms with Gasteiger partial charge in [0.2, 0.25) is 0 Å². The zero-order valence-corrected chi connectivity index (χ0v) is 14.1. The summed E-state index contributed by atoms with van der Waals surface area (Å²) in [5.41, 5.74) is 1.54. The minimum Gasteiger partial charge on any atom is -0.345 e. The van der Waals surface area contributed by atoms with E-state index in [-0.39, 0.29) is 23.7 Å². The van der Waals surface area contributed by atoms with Gasteiger partial charge in [0.05, 0.1) is 6.04 Å². The van der Waals surface area contributed by atoms with Crippen molar-refractivity contribution in [3.63, 3.8) is 0 Å². The average molecular weight is 397 g/mol. The van der Waals surface area contributed by atoms with Gasteiger partial charge < -0.3 is 5.32 Å². The van der Waals surface area contributed by atoms with E-state index in [9.17, 15) is 9.18 Å². The molecule has 0 radical (unpaired) electrons. The summed E-state index contributed by atoms with van der Waals surface area (Å²) in [6.07, 6.45) is 0. The van der Waals surface area contributed by atoms with E-state index in [0.717, 1.165) is 9.13 Å². The molecule has 2 aromatic carbocycles. The van der Waals surface area contributed by atoms with Crippen molar-refractivity contribution in [1.82, 2.24) is 5.32 Å². The van der Waals surface area contributed by atoms with Crippen LogP contribution in [-0.2, 0) is 0 Å². The third-order valence-electron chi connectivity index (χ3n) is 3.29. The van der Waals surface area contributed by atoms with Crippen LogP contribution in [0.3, 0.4) is 0 Å². The second-order valence-corrected chi connectivity index (χ2v) is 6.50. The maximum absolute atomic E-state index is 13.0. The van der Waals surface area contributed by atoms with Crippen molar-refractivity contribution in [2.24, 2.45) is 5.92 Å². The number of carbonyl (C=O) groups excluding carboxylic acids is 1. The predicted molar refractivity (Wildman–Crippen MR) is 90.6 cm³/mol. The third-order valence-corrected chi connectivity index (χ3v) is 4.01.